The average Bonchev–Trinajstić information content (AvgIpc) is 3.26. The highest BCUT2D eigenvalue weighted by atomic mass is 32.3. The number of fused-ring (bicyclic) bond motifs is 2. The third kappa shape index (κ3) is 12.2. The number of likely N-dealkylation sites (tertiary alicyclic amines) is 1. The number of ether oxygens (including phenoxy) is 1. The zero-order valence-corrected chi connectivity index (χ0v) is 32.9. The Morgan fingerprint density at radius 1 is 0.900 bits per heavy atom. The van der Waals surface area contributed by atoms with Crippen molar-refractivity contribution in [2.24, 2.45) is 5.41 Å². The molecule has 50 heavy (non-hydrogen) atoms. The highest BCUT2D eigenvalue weighted by Gasteiger charge is 2.51. The van der Waals surface area contributed by atoms with Crippen LogP contribution in [-0.4, -0.2) is 120 Å². The Labute approximate surface area is 302 Å². The first kappa shape index (κ1) is 42.3. The topological polar surface area (TPSA) is 146 Å². The number of carbonyl (C=O) groups excluding carboxylic acids is 3. The molecule has 4 amide bonds. The van der Waals surface area contributed by atoms with Crippen molar-refractivity contribution in [3.05, 3.63) is 0 Å². The van der Waals surface area contributed by atoms with Gasteiger partial charge in [0, 0.05) is 25.7 Å². The molecule has 4 aliphatic rings. The largest absolute Gasteiger partial charge is 0.444 e. The van der Waals surface area contributed by atoms with Gasteiger partial charge in [0.2, 0.25) is 5.91 Å². The average molecular weight is 731 g/mol. The van der Waals surface area contributed by atoms with Crippen molar-refractivity contribution >= 4 is 28.4 Å². The number of hydrogen-bond donors (Lipinski definition) is 2. The first-order valence-electron chi connectivity index (χ1n) is 19.4. The molecule has 2 N–H and O–H groups in total. The van der Waals surface area contributed by atoms with Crippen molar-refractivity contribution in [2.45, 2.75) is 162 Å². The number of amides is 4. The fraction of sp³-hybridized carbons (Fsp3) is 0.917. The highest BCUT2D eigenvalue weighted by Crippen LogP contribution is 2.49. The van der Waals surface area contributed by atoms with Gasteiger partial charge in [-0.2, -0.15) is 13.5 Å². The molecule has 1 saturated carbocycles. The van der Waals surface area contributed by atoms with Gasteiger partial charge in [-0.3, -0.25) is 9.35 Å². The van der Waals surface area contributed by atoms with E-state index in [4.69, 9.17) is 9.29 Å². The summed E-state index contributed by atoms with van der Waals surface area (Å²) in [6, 6.07) is -1.96. The number of rotatable bonds is 16. The van der Waals surface area contributed by atoms with Crippen LogP contribution in [0.2, 0.25) is 0 Å². The van der Waals surface area contributed by atoms with Crippen LogP contribution in [0.5, 0.6) is 0 Å². The third-order valence-corrected chi connectivity index (χ3v) is 11.3. The van der Waals surface area contributed by atoms with Gasteiger partial charge in [-0.25, -0.2) is 9.59 Å². The van der Waals surface area contributed by atoms with Crippen LogP contribution in [0.3, 0.4) is 0 Å². The van der Waals surface area contributed by atoms with Crippen LogP contribution in [0.25, 0.3) is 0 Å². The summed E-state index contributed by atoms with van der Waals surface area (Å²) in [6.07, 6.45) is 14.9. The van der Waals surface area contributed by atoms with Crippen LogP contribution in [0.4, 0.5) is 9.59 Å². The van der Waals surface area contributed by atoms with Gasteiger partial charge in [0.15, 0.2) is 0 Å². The van der Waals surface area contributed by atoms with Gasteiger partial charge in [0.25, 0.3) is 0 Å². The molecule has 0 aromatic rings. The molecule has 3 saturated heterocycles. The van der Waals surface area contributed by atoms with Gasteiger partial charge in [0.05, 0.1) is 32.2 Å². The van der Waals surface area contributed by atoms with Gasteiger partial charge in [0.1, 0.15) is 11.6 Å². The van der Waals surface area contributed by atoms with Crippen LogP contribution in [0, 0.1) is 5.41 Å². The van der Waals surface area contributed by atoms with Crippen LogP contribution >= 0.6 is 0 Å². The van der Waals surface area contributed by atoms with E-state index in [2.05, 4.69) is 37.3 Å². The molecule has 3 aliphatic heterocycles. The van der Waals surface area contributed by atoms with Crippen molar-refractivity contribution in [3.63, 3.8) is 0 Å². The van der Waals surface area contributed by atoms with Crippen molar-refractivity contribution < 1.29 is 40.9 Å². The number of carbonyl (C=O) groups is 3. The summed E-state index contributed by atoms with van der Waals surface area (Å²) in [5.74, 6) is -0.262. The summed E-state index contributed by atoms with van der Waals surface area (Å²) < 4.78 is 42.2. The summed E-state index contributed by atoms with van der Waals surface area (Å²) >= 11 is 0. The van der Waals surface area contributed by atoms with Gasteiger partial charge < -0.3 is 24.3 Å². The number of hydroxylamine groups is 2. The maximum atomic E-state index is 12.9. The van der Waals surface area contributed by atoms with E-state index in [0.717, 1.165) is 25.7 Å². The second-order valence-corrected chi connectivity index (χ2v) is 17.2. The second-order valence-electron chi connectivity index (χ2n) is 16.2. The summed E-state index contributed by atoms with van der Waals surface area (Å²) in [6.45, 7) is 22.0. The normalized spacial score (nSPS) is 22.2. The first-order valence-corrected chi connectivity index (χ1v) is 20.8. The summed E-state index contributed by atoms with van der Waals surface area (Å²) in [4.78, 5) is 40.7. The number of hydrogen-bond acceptors (Lipinski definition) is 7. The summed E-state index contributed by atoms with van der Waals surface area (Å²) in [5.41, 5.74) is -0.416. The van der Waals surface area contributed by atoms with Crippen LogP contribution in [0.15, 0.2) is 0 Å². The maximum Gasteiger partial charge on any atom is 0.418 e. The van der Waals surface area contributed by atoms with Crippen LogP contribution in [0.1, 0.15) is 138 Å². The van der Waals surface area contributed by atoms with E-state index in [0.29, 0.717) is 31.0 Å². The molecule has 0 unspecified atom stereocenters. The third-order valence-electron chi connectivity index (χ3n) is 10.9. The number of piperidine rings is 2. The van der Waals surface area contributed by atoms with Crippen molar-refractivity contribution in [1.29, 1.82) is 0 Å². The second kappa shape index (κ2) is 18.6. The lowest BCUT2D eigenvalue weighted by molar-refractivity contribution is -0.929. The van der Waals surface area contributed by atoms with E-state index < -0.39 is 34.1 Å². The molecule has 4 fully saturated rings. The molecule has 2 atom stereocenters. The monoisotopic (exact) mass is 730 g/mol. The van der Waals surface area contributed by atoms with Crippen LogP contribution in [-0.2, 0) is 24.2 Å². The number of nitrogens with one attached hydrogen (secondary N) is 1. The lowest BCUT2D eigenvalue weighted by Gasteiger charge is -2.52. The van der Waals surface area contributed by atoms with Gasteiger partial charge in [-0.05, 0) is 90.4 Å². The maximum absolute atomic E-state index is 12.9. The van der Waals surface area contributed by atoms with Crippen molar-refractivity contribution in [2.75, 3.05) is 45.8 Å². The Bertz CT molecular complexity index is 1170. The fourth-order valence-corrected chi connectivity index (χ4v) is 8.42. The molecule has 1 spiro atoms. The van der Waals surface area contributed by atoms with Crippen molar-refractivity contribution in [1.82, 2.24) is 20.2 Å². The zero-order valence-electron chi connectivity index (χ0n) is 32.1. The molecule has 4 rings (SSSR count). The predicted molar refractivity (Wildman–Crippen MR) is 193 cm³/mol. The Morgan fingerprint density at radius 3 is 1.84 bits per heavy atom. The molecule has 0 aromatic carbocycles. The Hall–Kier alpha value is -2.16. The van der Waals surface area contributed by atoms with E-state index in [1.165, 1.54) is 86.9 Å². The number of unbranched alkanes of at least 4 members (excludes halogenated alkanes) is 4. The quantitative estimate of drug-likeness (QED) is 0.139. The molecular weight excluding hydrogens is 662 g/mol. The smallest absolute Gasteiger partial charge is 0.418 e. The zero-order chi connectivity index (χ0) is 37.2. The number of nitrogens with zero attached hydrogens (tertiary/aromatic N) is 4. The Kier molecular flexibility index (Phi) is 15.7. The molecule has 2 bridgehead atoms. The lowest BCUT2D eigenvalue weighted by atomic mass is 9.60. The van der Waals surface area contributed by atoms with E-state index in [-0.39, 0.29) is 30.0 Å². The molecule has 290 valence electrons. The standard InChI is InChI=1S/C20H32N4O8S.C16H36N/c1-19(2,3)31-18(27)22-8-6-20(7-9-22)10-13(11-20)21-16(25)15-5-4-14-12-23(15)17(26)24(14)32-33(28,29)30;1-5-9-13-17(14-10-6-2,15-11-7-3)16-12-8-4/h13-15H,4-12H2,1-3H3,(H,21,25)(H,28,29,30);5-16H2,1-4H3/q;+1/t14-,15+;/m1./s1. The number of urea groups is 1. The summed E-state index contributed by atoms with van der Waals surface area (Å²) in [5, 5.41) is 3.66. The van der Waals surface area contributed by atoms with Gasteiger partial charge >= 0.3 is 22.5 Å². The molecule has 3 heterocycles. The minimum atomic E-state index is -4.82. The molecule has 13 nitrogen and oxygen atoms in total. The Balaban J connectivity index is 0.000000338. The number of quaternary nitrogens is 1. The molecule has 0 radical (unpaired) electrons. The minimum absolute atomic E-state index is 0.00572. The molecule has 0 aromatic heterocycles. The van der Waals surface area contributed by atoms with E-state index >= 15 is 0 Å². The summed E-state index contributed by atoms with van der Waals surface area (Å²) in [7, 11) is -4.82. The van der Waals surface area contributed by atoms with E-state index in [1.54, 1.807) is 4.90 Å². The SMILES string of the molecule is CC(C)(C)OC(=O)N1CCC2(CC1)CC(NC(=O)[C@@H]1CC[C@@H]3CN1C(=O)N3OS(=O)(=O)O)C2.CCCC[N+](CCCC)(CCCC)CCCC. The molecular formula is C36H68N5O8S+. The predicted octanol–water partition coefficient (Wildman–Crippen LogP) is 6.29. The van der Waals surface area contributed by atoms with Gasteiger partial charge in [-0.1, -0.05) is 53.4 Å². The van der Waals surface area contributed by atoms with Crippen molar-refractivity contribution in [3.8, 4) is 0 Å². The van der Waals surface area contributed by atoms with Gasteiger partial charge in [-0.15, -0.1) is 4.28 Å². The van der Waals surface area contributed by atoms with Crippen LogP contribution < -0.4 is 5.32 Å². The van der Waals surface area contributed by atoms with E-state index in [1.807, 2.05) is 20.8 Å². The lowest BCUT2D eigenvalue weighted by Crippen LogP contribution is -2.59. The highest BCUT2D eigenvalue weighted by molar-refractivity contribution is 7.80. The fourth-order valence-electron chi connectivity index (χ4n) is 8.03. The first-order chi connectivity index (χ1) is 23.5. The Morgan fingerprint density at radius 2 is 1.40 bits per heavy atom. The van der Waals surface area contributed by atoms with E-state index in [9.17, 15) is 22.8 Å². The molecule has 1 aliphatic carbocycles. The molecule has 14 heteroatoms. The minimum Gasteiger partial charge on any atom is -0.444 e.